The third kappa shape index (κ3) is 8.85. The van der Waals surface area contributed by atoms with Gasteiger partial charge < -0.3 is 39.8 Å². The summed E-state index contributed by atoms with van der Waals surface area (Å²) in [5.41, 5.74) is 6.97. The van der Waals surface area contributed by atoms with Crippen LogP contribution in [0.5, 0.6) is 0 Å². The number of aromatic nitrogens is 5. The number of anilines is 6. The predicted molar refractivity (Wildman–Crippen MR) is 262 cm³/mol. The summed E-state index contributed by atoms with van der Waals surface area (Å²) in [5, 5.41) is 27.4. The highest BCUT2D eigenvalue weighted by molar-refractivity contribution is 6.06. The maximum atomic E-state index is 14.0. The van der Waals surface area contributed by atoms with Crippen LogP contribution in [0.1, 0.15) is 87.4 Å². The van der Waals surface area contributed by atoms with E-state index in [1.165, 1.54) is 21.9 Å². The fourth-order valence-corrected chi connectivity index (χ4v) is 10.8. The van der Waals surface area contributed by atoms with Crippen molar-refractivity contribution in [2.75, 3.05) is 58.1 Å². The van der Waals surface area contributed by atoms with Gasteiger partial charge >= 0.3 is 0 Å². The normalized spacial score (nSPS) is 20.7. The van der Waals surface area contributed by atoms with E-state index in [-0.39, 0.29) is 34.6 Å². The van der Waals surface area contributed by atoms with Crippen LogP contribution in [0.25, 0.3) is 11.3 Å². The molecule has 4 aliphatic rings. The summed E-state index contributed by atoms with van der Waals surface area (Å²) in [6, 6.07) is 14.3. The van der Waals surface area contributed by atoms with Gasteiger partial charge in [0.05, 0.1) is 41.3 Å². The van der Waals surface area contributed by atoms with Crippen molar-refractivity contribution in [3.63, 3.8) is 0 Å². The molecule has 4 N–H and O–H groups in total. The van der Waals surface area contributed by atoms with Crippen LogP contribution < -0.4 is 30.9 Å². The summed E-state index contributed by atoms with van der Waals surface area (Å²) in [6.07, 6.45) is 10.2. The van der Waals surface area contributed by atoms with E-state index in [9.17, 15) is 24.6 Å². The third-order valence-electron chi connectivity index (χ3n) is 14.2. The highest BCUT2D eigenvalue weighted by Gasteiger charge is 2.38. The van der Waals surface area contributed by atoms with E-state index < -0.39 is 12.2 Å². The monoisotopic (exact) mass is 910 g/mol. The fourth-order valence-electron chi connectivity index (χ4n) is 10.8. The van der Waals surface area contributed by atoms with Crippen molar-refractivity contribution >= 4 is 46.2 Å². The Balaban J connectivity index is 0.919. The van der Waals surface area contributed by atoms with Crippen LogP contribution in [0.2, 0.25) is 0 Å². The number of hydrogen-bond donors (Lipinski definition) is 4. The number of piperidine rings is 1. The zero-order valence-corrected chi connectivity index (χ0v) is 39.7. The molecule has 0 bridgehead atoms. The van der Waals surface area contributed by atoms with Gasteiger partial charge in [0.1, 0.15) is 17.1 Å². The highest BCUT2D eigenvalue weighted by Crippen LogP contribution is 2.41. The Hall–Kier alpha value is -6.36. The zero-order valence-electron chi connectivity index (χ0n) is 39.7. The fraction of sp³-hybridized carbons (Fsp3) is 0.451. The van der Waals surface area contributed by atoms with Crippen molar-refractivity contribution in [1.29, 1.82) is 0 Å². The molecule has 16 heteroatoms. The molecule has 0 radical (unpaired) electrons. The first kappa shape index (κ1) is 45.8. The number of piperazine rings is 1. The molecular weight excluding hydrogens is 847 g/mol. The van der Waals surface area contributed by atoms with Gasteiger partial charge in [-0.05, 0) is 113 Å². The zero-order chi connectivity index (χ0) is 47.5. The number of nitrogens with zero attached hydrogens (tertiary/aromatic N) is 9. The van der Waals surface area contributed by atoms with Gasteiger partial charge in [-0.25, -0.2) is 9.97 Å². The number of aliphatic hydroxyl groups is 2. The second-order valence-corrected chi connectivity index (χ2v) is 20.1. The second-order valence-electron chi connectivity index (χ2n) is 20.1. The number of fused-ring (bicyclic) bond motifs is 3. The molecule has 67 heavy (non-hydrogen) atoms. The molecule has 5 aromatic rings. The molecule has 7 heterocycles. The second kappa shape index (κ2) is 17.7. The van der Waals surface area contributed by atoms with Gasteiger partial charge in [-0.15, -0.1) is 0 Å². The van der Waals surface area contributed by atoms with E-state index in [0.29, 0.717) is 70.6 Å². The number of pyridine rings is 2. The maximum Gasteiger partial charge on any atom is 0.293 e. The Labute approximate surface area is 392 Å². The molecule has 2 amide bonds. The molecule has 2 saturated heterocycles. The van der Waals surface area contributed by atoms with Crippen LogP contribution in [0.3, 0.4) is 0 Å². The van der Waals surface area contributed by atoms with Gasteiger partial charge in [0.15, 0.2) is 5.82 Å². The average molecular weight is 910 g/mol. The Morgan fingerprint density at radius 2 is 1.79 bits per heavy atom. The number of benzene rings is 1. The van der Waals surface area contributed by atoms with Crippen LogP contribution in [-0.4, -0.2) is 102 Å². The van der Waals surface area contributed by atoms with Crippen molar-refractivity contribution in [2.45, 2.75) is 104 Å². The van der Waals surface area contributed by atoms with E-state index >= 15 is 0 Å². The first-order valence-corrected chi connectivity index (χ1v) is 23.4. The van der Waals surface area contributed by atoms with Crippen LogP contribution in [0.4, 0.5) is 34.4 Å². The van der Waals surface area contributed by atoms with Crippen molar-refractivity contribution < 1.29 is 19.8 Å². The Morgan fingerprint density at radius 3 is 2.49 bits per heavy atom. The van der Waals surface area contributed by atoms with Crippen LogP contribution in [0.15, 0.2) is 78.5 Å². The lowest BCUT2D eigenvalue weighted by molar-refractivity contribution is -0.111. The molecule has 3 atom stereocenters. The molecule has 1 aliphatic carbocycles. The number of aryl methyl sites for hydroxylation is 1. The SMILES string of the molecule is C=CC(=O)Nc1cc(Nc2nc(-c3ccnc(N4CCn5c(cc6c5CC(C)(C)C6)C4=O)c3CO)cn(C)c2=O)ccc1N1CCN(C2CCN(c3ccc(C(C)(C)O)nc3)[C@H](C)C2)C[C@@H]1C. The van der Waals surface area contributed by atoms with Crippen molar-refractivity contribution in [3.8, 4) is 11.3 Å². The van der Waals surface area contributed by atoms with E-state index in [4.69, 9.17) is 4.98 Å². The molecule has 0 spiro atoms. The molecule has 3 aliphatic heterocycles. The van der Waals surface area contributed by atoms with Gasteiger partial charge in [-0.3, -0.25) is 29.2 Å². The molecule has 1 aromatic carbocycles. The lowest BCUT2D eigenvalue weighted by Gasteiger charge is -2.48. The lowest BCUT2D eigenvalue weighted by atomic mass is 9.90. The van der Waals surface area contributed by atoms with Crippen LogP contribution in [-0.2, 0) is 43.4 Å². The number of hydrogen-bond acceptors (Lipinski definition) is 12. The van der Waals surface area contributed by atoms with E-state index in [1.54, 1.807) is 44.3 Å². The average Bonchev–Trinajstić information content (AvgIpc) is 3.79. The first-order chi connectivity index (χ1) is 31.9. The van der Waals surface area contributed by atoms with E-state index in [0.717, 1.165) is 63.2 Å². The first-order valence-electron chi connectivity index (χ1n) is 23.4. The van der Waals surface area contributed by atoms with Crippen molar-refractivity contribution in [3.05, 3.63) is 112 Å². The number of nitrogens with one attached hydrogen (secondary N) is 2. The van der Waals surface area contributed by atoms with Gasteiger partial charge in [0.25, 0.3) is 11.5 Å². The van der Waals surface area contributed by atoms with E-state index in [2.05, 4.69) is 80.2 Å². The molecular formula is C51H63N11O5. The number of amides is 2. The summed E-state index contributed by atoms with van der Waals surface area (Å²) < 4.78 is 3.58. The largest absolute Gasteiger partial charge is 0.392 e. The summed E-state index contributed by atoms with van der Waals surface area (Å²) in [6.45, 7) is 20.2. The quantitative estimate of drug-likeness (QED) is 0.114. The molecule has 0 saturated carbocycles. The topological polar surface area (TPSA) is 177 Å². The smallest absolute Gasteiger partial charge is 0.293 e. The predicted octanol–water partition coefficient (Wildman–Crippen LogP) is 5.98. The minimum absolute atomic E-state index is 0.0463. The molecule has 4 aromatic heterocycles. The van der Waals surface area contributed by atoms with Crippen LogP contribution >= 0.6 is 0 Å². The van der Waals surface area contributed by atoms with E-state index in [1.807, 2.05) is 36.5 Å². The summed E-state index contributed by atoms with van der Waals surface area (Å²) in [5.74, 6) is -0.112. The lowest BCUT2D eigenvalue weighted by Crippen LogP contribution is -2.58. The minimum atomic E-state index is -0.983. The number of carbonyl (C=O) groups is 2. The maximum absolute atomic E-state index is 14.0. The molecule has 1 unspecified atom stereocenters. The molecule has 9 rings (SSSR count). The standard InChI is InChI=1S/C51H63N11O5/c1-9-45(64)55-39-24-34(10-12-41(39)60-19-18-58(28-32(60)3)35-15-17-59(31(2)22-35)36-11-13-44(53-27-36)51(6,7)67)54-46-49(66)57(8)29-40(56-46)37-14-16-52-47(38(37)30-63)62-21-20-61-42(48(62)65)23-33-25-50(4,5)26-43(33)61/h9-14,16,23-24,27,29,31-32,35,63,67H,1,15,17-22,25-26,28,30H2,2-8H3,(H,54,56)(H,55,64)/t31-,32+,35?/m1/s1. The Morgan fingerprint density at radius 1 is 0.985 bits per heavy atom. The molecule has 2 fully saturated rings. The van der Waals surface area contributed by atoms with Crippen LogP contribution in [0, 0.1) is 5.41 Å². The molecule has 16 nitrogen and oxygen atoms in total. The van der Waals surface area contributed by atoms with Gasteiger partial charge in [0, 0.05) is 99.3 Å². The van der Waals surface area contributed by atoms with Crippen molar-refractivity contribution in [1.82, 2.24) is 29.0 Å². The summed E-state index contributed by atoms with van der Waals surface area (Å²) in [4.78, 5) is 63.5. The van der Waals surface area contributed by atoms with Gasteiger partial charge in [-0.1, -0.05) is 20.4 Å². The van der Waals surface area contributed by atoms with Gasteiger partial charge in [0.2, 0.25) is 5.91 Å². The summed E-state index contributed by atoms with van der Waals surface area (Å²) >= 11 is 0. The minimum Gasteiger partial charge on any atom is -0.392 e. The Bertz CT molecular complexity index is 2790. The van der Waals surface area contributed by atoms with Gasteiger partial charge in [-0.2, -0.15) is 0 Å². The summed E-state index contributed by atoms with van der Waals surface area (Å²) in [7, 11) is 1.64. The molecule has 352 valence electrons. The van der Waals surface area contributed by atoms with Crippen molar-refractivity contribution in [2.24, 2.45) is 12.5 Å². The number of rotatable bonds is 11. The third-order valence-corrected chi connectivity index (χ3v) is 14.2. The number of aliphatic hydroxyl groups excluding tert-OH is 1. The number of carbonyl (C=O) groups excluding carboxylic acids is 2. The highest BCUT2D eigenvalue weighted by atomic mass is 16.3. The Kier molecular flexibility index (Phi) is 12.1.